The highest BCUT2D eigenvalue weighted by molar-refractivity contribution is 5.31. The van der Waals surface area contributed by atoms with Gasteiger partial charge in [0.15, 0.2) is 0 Å². The second kappa shape index (κ2) is 4.87. The summed E-state index contributed by atoms with van der Waals surface area (Å²) in [5.41, 5.74) is 1.67. The van der Waals surface area contributed by atoms with E-state index in [4.69, 9.17) is 5.26 Å². The first-order valence-corrected chi connectivity index (χ1v) is 6.03. The summed E-state index contributed by atoms with van der Waals surface area (Å²) >= 11 is 0. The molecule has 2 rings (SSSR count). The van der Waals surface area contributed by atoms with Crippen molar-refractivity contribution in [1.29, 1.82) is 5.26 Å². The molecule has 0 heterocycles. The number of aliphatic hydroxyl groups excluding tert-OH is 1. The Hall–Kier alpha value is -1.37. The van der Waals surface area contributed by atoms with Gasteiger partial charge in [-0.05, 0) is 43.4 Å². The second-order valence-electron chi connectivity index (χ2n) is 5.01. The number of nitrogens with zero attached hydrogens (tertiary/aromatic N) is 1. The minimum absolute atomic E-state index is 0.159. The van der Waals surface area contributed by atoms with E-state index in [1.165, 1.54) is 12.8 Å². The van der Waals surface area contributed by atoms with E-state index in [1.54, 1.807) is 0 Å². The van der Waals surface area contributed by atoms with Crippen LogP contribution < -0.4 is 5.32 Å². The maximum atomic E-state index is 9.45. The quantitative estimate of drug-likeness (QED) is 0.811. The van der Waals surface area contributed by atoms with E-state index in [-0.39, 0.29) is 12.1 Å². The van der Waals surface area contributed by atoms with Crippen LogP contribution in [0.5, 0.6) is 0 Å². The number of hydrogen-bond acceptors (Lipinski definition) is 3. The molecule has 1 aromatic rings. The molecule has 1 unspecified atom stereocenters. The second-order valence-corrected chi connectivity index (χ2v) is 5.01. The van der Waals surface area contributed by atoms with Crippen LogP contribution in [-0.2, 0) is 6.54 Å². The molecule has 1 aromatic carbocycles. The summed E-state index contributed by atoms with van der Waals surface area (Å²) in [5, 5.41) is 21.6. The Labute approximate surface area is 102 Å². The fraction of sp³-hybridized carbons (Fsp3) is 0.500. The molecule has 3 nitrogen and oxygen atoms in total. The molecule has 0 radical (unpaired) electrons. The van der Waals surface area contributed by atoms with Crippen LogP contribution >= 0.6 is 0 Å². The molecule has 90 valence electrons. The van der Waals surface area contributed by atoms with Gasteiger partial charge in [0.25, 0.3) is 0 Å². The lowest BCUT2D eigenvalue weighted by molar-refractivity contribution is 0.153. The predicted octanol–water partition coefficient (Wildman–Crippen LogP) is 1.81. The summed E-state index contributed by atoms with van der Waals surface area (Å²) in [6.45, 7) is 2.99. The summed E-state index contributed by atoms with van der Waals surface area (Å²) in [6, 6.07) is 9.66. The van der Waals surface area contributed by atoms with E-state index in [0.29, 0.717) is 11.5 Å². The lowest BCUT2D eigenvalue weighted by Crippen LogP contribution is -2.47. The van der Waals surface area contributed by atoms with Crippen LogP contribution in [-0.4, -0.2) is 17.3 Å². The van der Waals surface area contributed by atoms with Crippen molar-refractivity contribution < 1.29 is 5.11 Å². The molecule has 1 fully saturated rings. The zero-order valence-corrected chi connectivity index (χ0v) is 10.1. The Morgan fingerprint density at radius 2 is 2.06 bits per heavy atom. The average Bonchev–Trinajstić information content (AvgIpc) is 3.21. The average molecular weight is 230 g/mol. The molecule has 0 aliphatic heterocycles. The molecular weight excluding hydrogens is 212 g/mol. The van der Waals surface area contributed by atoms with Gasteiger partial charge in [-0.3, -0.25) is 0 Å². The van der Waals surface area contributed by atoms with Crippen LogP contribution in [0.2, 0.25) is 0 Å². The first-order chi connectivity index (χ1) is 8.18. The number of hydrogen-bond donors (Lipinski definition) is 2. The molecule has 0 saturated heterocycles. The van der Waals surface area contributed by atoms with Gasteiger partial charge in [-0.15, -0.1) is 0 Å². The lowest BCUT2D eigenvalue weighted by atomic mass is 9.96. The third-order valence-corrected chi connectivity index (χ3v) is 3.59. The summed E-state index contributed by atoms with van der Waals surface area (Å²) < 4.78 is 0. The van der Waals surface area contributed by atoms with Crippen LogP contribution in [0.25, 0.3) is 0 Å². The predicted molar refractivity (Wildman–Crippen MR) is 66.2 cm³/mol. The molecule has 1 saturated carbocycles. The van der Waals surface area contributed by atoms with E-state index < -0.39 is 0 Å². The minimum atomic E-state index is -0.159. The van der Waals surface area contributed by atoms with Crippen molar-refractivity contribution in [1.82, 2.24) is 5.32 Å². The molecule has 17 heavy (non-hydrogen) atoms. The SMILES string of the molecule is CC(CO)(NCc1ccc(C#N)cc1)C1CC1. The number of nitriles is 1. The highest BCUT2D eigenvalue weighted by Gasteiger charge is 2.40. The Morgan fingerprint density at radius 1 is 1.41 bits per heavy atom. The molecule has 1 aliphatic carbocycles. The van der Waals surface area contributed by atoms with Gasteiger partial charge < -0.3 is 10.4 Å². The van der Waals surface area contributed by atoms with Crippen molar-refractivity contribution in [3.05, 3.63) is 35.4 Å². The molecular formula is C14H18N2O. The van der Waals surface area contributed by atoms with Crippen molar-refractivity contribution >= 4 is 0 Å². The van der Waals surface area contributed by atoms with Gasteiger partial charge in [0.2, 0.25) is 0 Å². The van der Waals surface area contributed by atoms with E-state index in [1.807, 2.05) is 24.3 Å². The third-order valence-electron chi connectivity index (χ3n) is 3.59. The summed E-state index contributed by atoms with van der Waals surface area (Å²) in [4.78, 5) is 0. The molecule has 0 aromatic heterocycles. The number of aliphatic hydroxyl groups is 1. The molecule has 0 amide bonds. The van der Waals surface area contributed by atoms with E-state index in [2.05, 4.69) is 18.3 Å². The van der Waals surface area contributed by atoms with Gasteiger partial charge in [0.1, 0.15) is 0 Å². The van der Waals surface area contributed by atoms with Crippen LogP contribution in [0.3, 0.4) is 0 Å². The van der Waals surface area contributed by atoms with Crippen molar-refractivity contribution in [2.45, 2.75) is 31.8 Å². The van der Waals surface area contributed by atoms with Gasteiger partial charge in [-0.25, -0.2) is 0 Å². The fourth-order valence-electron chi connectivity index (χ4n) is 2.05. The Kier molecular flexibility index (Phi) is 3.46. The smallest absolute Gasteiger partial charge is 0.0991 e. The topological polar surface area (TPSA) is 56.0 Å². The van der Waals surface area contributed by atoms with Gasteiger partial charge in [-0.1, -0.05) is 12.1 Å². The lowest BCUT2D eigenvalue weighted by Gasteiger charge is -2.29. The van der Waals surface area contributed by atoms with E-state index >= 15 is 0 Å². The Balaban J connectivity index is 1.94. The molecule has 2 N–H and O–H groups in total. The van der Waals surface area contributed by atoms with Crippen molar-refractivity contribution in [3.8, 4) is 6.07 Å². The maximum absolute atomic E-state index is 9.45. The van der Waals surface area contributed by atoms with Gasteiger partial charge in [0, 0.05) is 12.1 Å². The van der Waals surface area contributed by atoms with Crippen molar-refractivity contribution in [2.24, 2.45) is 5.92 Å². The van der Waals surface area contributed by atoms with Crippen LogP contribution in [0.4, 0.5) is 0 Å². The summed E-state index contributed by atoms with van der Waals surface area (Å²) in [6.07, 6.45) is 2.41. The summed E-state index contributed by atoms with van der Waals surface area (Å²) in [7, 11) is 0. The number of nitrogens with one attached hydrogen (secondary N) is 1. The zero-order valence-electron chi connectivity index (χ0n) is 10.1. The minimum Gasteiger partial charge on any atom is -0.394 e. The number of benzene rings is 1. The molecule has 1 aliphatic rings. The first-order valence-electron chi connectivity index (χ1n) is 6.03. The monoisotopic (exact) mass is 230 g/mol. The van der Waals surface area contributed by atoms with Gasteiger partial charge in [0.05, 0.1) is 18.2 Å². The molecule has 0 spiro atoms. The Morgan fingerprint density at radius 3 is 2.53 bits per heavy atom. The van der Waals surface area contributed by atoms with Crippen molar-refractivity contribution in [3.63, 3.8) is 0 Å². The maximum Gasteiger partial charge on any atom is 0.0991 e. The molecule has 1 atom stereocenters. The van der Waals surface area contributed by atoms with E-state index in [0.717, 1.165) is 12.1 Å². The molecule has 0 bridgehead atoms. The normalized spacial score (nSPS) is 18.4. The standard InChI is InChI=1S/C14H18N2O/c1-14(10-17,13-6-7-13)16-9-12-4-2-11(8-15)3-5-12/h2-5,13,16-17H,6-7,9-10H2,1H3. The fourth-order valence-corrected chi connectivity index (χ4v) is 2.05. The highest BCUT2D eigenvalue weighted by atomic mass is 16.3. The largest absolute Gasteiger partial charge is 0.394 e. The van der Waals surface area contributed by atoms with Crippen LogP contribution in [0, 0.1) is 17.2 Å². The Bertz CT molecular complexity index is 417. The van der Waals surface area contributed by atoms with Gasteiger partial charge >= 0.3 is 0 Å². The molecule has 3 heteroatoms. The van der Waals surface area contributed by atoms with Gasteiger partial charge in [-0.2, -0.15) is 5.26 Å². The van der Waals surface area contributed by atoms with E-state index in [9.17, 15) is 5.11 Å². The first kappa shape index (κ1) is 12.1. The number of rotatable bonds is 5. The third kappa shape index (κ3) is 2.85. The highest BCUT2D eigenvalue weighted by Crippen LogP contribution is 2.39. The van der Waals surface area contributed by atoms with Crippen LogP contribution in [0.15, 0.2) is 24.3 Å². The van der Waals surface area contributed by atoms with Crippen molar-refractivity contribution in [2.75, 3.05) is 6.61 Å². The zero-order chi connectivity index (χ0) is 12.3. The van der Waals surface area contributed by atoms with Crippen LogP contribution in [0.1, 0.15) is 30.9 Å². The summed E-state index contributed by atoms with van der Waals surface area (Å²) in [5.74, 6) is 0.603.